The fraction of sp³-hybridized carbons (Fsp3) is 0.467. The highest BCUT2D eigenvalue weighted by molar-refractivity contribution is 5.96. The summed E-state index contributed by atoms with van der Waals surface area (Å²) >= 11 is 0. The minimum Gasteiger partial charge on any atom is -0.465 e. The van der Waals surface area contributed by atoms with Gasteiger partial charge in [0.15, 0.2) is 0 Å². The summed E-state index contributed by atoms with van der Waals surface area (Å²) in [6.07, 6.45) is 0. The summed E-state index contributed by atoms with van der Waals surface area (Å²) in [6.45, 7) is 5.26. The number of esters is 1. The number of likely N-dealkylation sites (N-methyl/N-ethyl adjacent to an activating group) is 1. The SMILES string of the molecule is CNC(=O)C(Nc1cc(C)c([N+](=O)[O-])c(C(=O)OC)c1)C(C)C. The number of nitro benzene ring substituents is 1. The van der Waals surface area contributed by atoms with Gasteiger partial charge in [0.2, 0.25) is 5.91 Å². The number of carbonyl (C=O) groups excluding carboxylic acids is 2. The maximum Gasteiger partial charge on any atom is 0.344 e. The van der Waals surface area contributed by atoms with Gasteiger partial charge in [0.1, 0.15) is 11.6 Å². The van der Waals surface area contributed by atoms with E-state index in [0.29, 0.717) is 11.3 Å². The van der Waals surface area contributed by atoms with Gasteiger partial charge in [0.25, 0.3) is 5.69 Å². The van der Waals surface area contributed by atoms with E-state index in [1.807, 2.05) is 13.8 Å². The molecule has 0 saturated heterocycles. The van der Waals surface area contributed by atoms with Gasteiger partial charge in [-0.3, -0.25) is 14.9 Å². The number of rotatable bonds is 6. The monoisotopic (exact) mass is 323 g/mol. The molecular weight excluding hydrogens is 302 g/mol. The lowest BCUT2D eigenvalue weighted by Crippen LogP contribution is -2.41. The van der Waals surface area contributed by atoms with Crippen molar-refractivity contribution in [3.8, 4) is 0 Å². The molecule has 23 heavy (non-hydrogen) atoms. The van der Waals surface area contributed by atoms with Gasteiger partial charge in [-0.2, -0.15) is 0 Å². The van der Waals surface area contributed by atoms with Gasteiger partial charge in [-0.1, -0.05) is 13.8 Å². The van der Waals surface area contributed by atoms with Crippen LogP contribution in [0.15, 0.2) is 12.1 Å². The van der Waals surface area contributed by atoms with Gasteiger partial charge >= 0.3 is 5.97 Å². The molecule has 0 heterocycles. The first-order valence-electron chi connectivity index (χ1n) is 7.08. The van der Waals surface area contributed by atoms with Crippen LogP contribution in [-0.4, -0.2) is 37.0 Å². The first kappa shape index (κ1) is 18.4. The van der Waals surface area contributed by atoms with Crippen LogP contribution >= 0.6 is 0 Å². The molecule has 1 aromatic rings. The van der Waals surface area contributed by atoms with Crippen LogP contribution in [0.4, 0.5) is 11.4 Å². The molecule has 8 heteroatoms. The summed E-state index contributed by atoms with van der Waals surface area (Å²) in [7, 11) is 2.68. The second kappa shape index (κ2) is 7.57. The molecule has 0 spiro atoms. The minimum atomic E-state index is -0.801. The molecular formula is C15H21N3O5. The number of nitrogens with zero attached hydrogens (tertiary/aromatic N) is 1. The van der Waals surface area contributed by atoms with Gasteiger partial charge in [-0.25, -0.2) is 4.79 Å². The van der Waals surface area contributed by atoms with E-state index in [-0.39, 0.29) is 23.1 Å². The number of hydrogen-bond donors (Lipinski definition) is 2. The third-order valence-electron chi connectivity index (χ3n) is 3.41. The Morgan fingerprint density at radius 2 is 1.91 bits per heavy atom. The Balaban J connectivity index is 3.33. The first-order valence-corrected chi connectivity index (χ1v) is 7.08. The Morgan fingerprint density at radius 3 is 2.35 bits per heavy atom. The topological polar surface area (TPSA) is 111 Å². The number of nitro groups is 1. The molecule has 0 saturated carbocycles. The number of benzene rings is 1. The lowest BCUT2D eigenvalue weighted by molar-refractivity contribution is -0.385. The second-order valence-electron chi connectivity index (χ2n) is 5.42. The summed E-state index contributed by atoms with van der Waals surface area (Å²) in [5, 5.41) is 16.7. The number of methoxy groups -OCH3 is 1. The van der Waals surface area contributed by atoms with E-state index in [4.69, 9.17) is 0 Å². The van der Waals surface area contributed by atoms with Crippen molar-refractivity contribution in [2.45, 2.75) is 26.8 Å². The molecule has 2 N–H and O–H groups in total. The Kier molecular flexibility index (Phi) is 6.06. The molecule has 0 radical (unpaired) electrons. The number of anilines is 1. The van der Waals surface area contributed by atoms with Crippen LogP contribution in [0, 0.1) is 23.0 Å². The van der Waals surface area contributed by atoms with Crippen molar-refractivity contribution in [3.05, 3.63) is 33.4 Å². The Bertz CT molecular complexity index is 628. The van der Waals surface area contributed by atoms with Gasteiger partial charge < -0.3 is 15.4 Å². The van der Waals surface area contributed by atoms with Crippen molar-refractivity contribution in [2.75, 3.05) is 19.5 Å². The number of aryl methyl sites for hydroxylation is 1. The predicted molar refractivity (Wildman–Crippen MR) is 85.5 cm³/mol. The maximum atomic E-state index is 11.9. The van der Waals surface area contributed by atoms with E-state index in [0.717, 1.165) is 7.11 Å². The molecule has 126 valence electrons. The second-order valence-corrected chi connectivity index (χ2v) is 5.42. The fourth-order valence-corrected chi connectivity index (χ4v) is 2.24. The number of nitrogens with one attached hydrogen (secondary N) is 2. The van der Waals surface area contributed by atoms with Crippen molar-refractivity contribution in [1.29, 1.82) is 0 Å². The van der Waals surface area contributed by atoms with E-state index < -0.39 is 16.9 Å². The normalized spacial score (nSPS) is 11.7. The van der Waals surface area contributed by atoms with Crippen LogP contribution < -0.4 is 10.6 Å². The van der Waals surface area contributed by atoms with Gasteiger partial charge in [0, 0.05) is 18.3 Å². The maximum absolute atomic E-state index is 11.9. The molecule has 0 aliphatic heterocycles. The first-order chi connectivity index (χ1) is 10.7. The third-order valence-corrected chi connectivity index (χ3v) is 3.41. The van der Waals surface area contributed by atoms with E-state index in [2.05, 4.69) is 15.4 Å². The number of carbonyl (C=O) groups is 2. The van der Waals surface area contributed by atoms with Crippen molar-refractivity contribution >= 4 is 23.3 Å². The Labute approximate surface area is 134 Å². The van der Waals surface area contributed by atoms with E-state index in [1.165, 1.54) is 26.1 Å². The summed E-state index contributed by atoms with van der Waals surface area (Å²) in [5.41, 5.74) is 0.290. The van der Waals surface area contributed by atoms with Gasteiger partial charge in [0.05, 0.1) is 12.0 Å². The van der Waals surface area contributed by atoms with Crippen molar-refractivity contribution < 1.29 is 19.2 Å². The van der Waals surface area contributed by atoms with Crippen molar-refractivity contribution in [1.82, 2.24) is 5.32 Å². The third kappa shape index (κ3) is 4.18. The molecule has 0 bridgehead atoms. The molecule has 0 aliphatic carbocycles. The molecule has 8 nitrogen and oxygen atoms in total. The molecule has 1 aromatic carbocycles. The predicted octanol–water partition coefficient (Wildman–Crippen LogP) is 1.87. The fourth-order valence-electron chi connectivity index (χ4n) is 2.24. The zero-order valence-electron chi connectivity index (χ0n) is 13.8. The summed E-state index contributed by atoms with van der Waals surface area (Å²) < 4.78 is 4.61. The summed E-state index contributed by atoms with van der Waals surface area (Å²) in [4.78, 5) is 34.3. The van der Waals surface area contributed by atoms with Gasteiger partial charge in [-0.05, 0) is 25.0 Å². The molecule has 0 fully saturated rings. The van der Waals surface area contributed by atoms with Crippen molar-refractivity contribution in [2.24, 2.45) is 5.92 Å². The van der Waals surface area contributed by atoms with E-state index >= 15 is 0 Å². The standard InChI is InChI=1S/C15H21N3O5/c1-8(2)12(14(19)16-4)17-10-6-9(3)13(18(21)22)11(7-10)15(20)23-5/h6-8,12,17H,1-5H3,(H,16,19). The molecule has 0 aromatic heterocycles. The van der Waals surface area contributed by atoms with Crippen LogP contribution in [0.25, 0.3) is 0 Å². The van der Waals surface area contributed by atoms with Crippen molar-refractivity contribution in [3.63, 3.8) is 0 Å². The lowest BCUT2D eigenvalue weighted by Gasteiger charge is -2.22. The largest absolute Gasteiger partial charge is 0.465 e. The van der Waals surface area contributed by atoms with Crippen LogP contribution in [0.2, 0.25) is 0 Å². The quantitative estimate of drug-likeness (QED) is 0.470. The zero-order chi connectivity index (χ0) is 17.7. The molecule has 0 aliphatic rings. The summed E-state index contributed by atoms with van der Waals surface area (Å²) in [5.74, 6) is -1.04. The highest BCUT2D eigenvalue weighted by Crippen LogP contribution is 2.29. The molecule has 1 unspecified atom stereocenters. The number of amides is 1. The Morgan fingerprint density at radius 1 is 1.30 bits per heavy atom. The average Bonchev–Trinajstić information content (AvgIpc) is 2.49. The van der Waals surface area contributed by atoms with Crippen LogP contribution in [0.5, 0.6) is 0 Å². The highest BCUT2D eigenvalue weighted by Gasteiger charge is 2.27. The molecule has 1 rings (SSSR count). The van der Waals surface area contributed by atoms with Crippen LogP contribution in [0.1, 0.15) is 29.8 Å². The molecule has 1 atom stereocenters. The van der Waals surface area contributed by atoms with E-state index in [1.54, 1.807) is 0 Å². The van der Waals surface area contributed by atoms with Crippen LogP contribution in [0.3, 0.4) is 0 Å². The van der Waals surface area contributed by atoms with Crippen LogP contribution in [-0.2, 0) is 9.53 Å². The number of ether oxygens (including phenoxy) is 1. The zero-order valence-corrected chi connectivity index (χ0v) is 13.8. The molecule has 1 amide bonds. The van der Waals surface area contributed by atoms with E-state index in [9.17, 15) is 19.7 Å². The minimum absolute atomic E-state index is 0.0213. The van der Waals surface area contributed by atoms with Gasteiger partial charge in [-0.15, -0.1) is 0 Å². The number of hydrogen-bond acceptors (Lipinski definition) is 6. The summed E-state index contributed by atoms with van der Waals surface area (Å²) in [6, 6.07) is 2.32. The highest BCUT2D eigenvalue weighted by atomic mass is 16.6. The lowest BCUT2D eigenvalue weighted by atomic mass is 10.0. The Hall–Kier alpha value is -2.64. The smallest absolute Gasteiger partial charge is 0.344 e. The average molecular weight is 323 g/mol.